The number of amides is 1. The first kappa shape index (κ1) is 19.6. The summed E-state index contributed by atoms with van der Waals surface area (Å²) in [5.74, 6) is -0.422. The van der Waals surface area contributed by atoms with Gasteiger partial charge in [-0.1, -0.05) is 18.2 Å². The van der Waals surface area contributed by atoms with Crippen LogP contribution in [-0.4, -0.2) is 48.2 Å². The van der Waals surface area contributed by atoms with Crippen molar-refractivity contribution >= 4 is 15.7 Å². The van der Waals surface area contributed by atoms with Gasteiger partial charge in [-0.3, -0.25) is 4.79 Å². The number of hydrogen-bond donors (Lipinski definition) is 2. The van der Waals surface area contributed by atoms with Crippen LogP contribution >= 0.6 is 0 Å². The highest BCUT2D eigenvalue weighted by atomic mass is 32.2. The topological polar surface area (TPSA) is 93.1 Å². The molecule has 146 valence electrons. The fraction of sp³-hybridized carbons (Fsp3) is 0.474. The third-order valence-electron chi connectivity index (χ3n) is 5.20. The van der Waals surface area contributed by atoms with Crippen molar-refractivity contribution in [3.05, 3.63) is 47.3 Å². The van der Waals surface area contributed by atoms with Gasteiger partial charge in [0.2, 0.25) is 5.91 Å². The van der Waals surface area contributed by atoms with E-state index in [1.807, 2.05) is 48.9 Å². The van der Waals surface area contributed by atoms with Gasteiger partial charge in [0.25, 0.3) is 0 Å². The number of rotatable bonds is 5. The van der Waals surface area contributed by atoms with Crippen molar-refractivity contribution in [3.63, 3.8) is 0 Å². The summed E-state index contributed by atoms with van der Waals surface area (Å²) >= 11 is 0. The van der Waals surface area contributed by atoms with Crippen LogP contribution in [0.5, 0.6) is 0 Å². The molecule has 1 aliphatic rings. The zero-order valence-electron chi connectivity index (χ0n) is 15.9. The number of benzene rings is 1. The van der Waals surface area contributed by atoms with Gasteiger partial charge in [0.05, 0.1) is 11.4 Å². The maximum Gasteiger partial charge on any atom is 0.241 e. The van der Waals surface area contributed by atoms with Gasteiger partial charge >= 0.3 is 0 Å². The Balaban J connectivity index is 1.85. The minimum absolute atomic E-state index is 0.248. The molecule has 3 rings (SSSR count). The van der Waals surface area contributed by atoms with E-state index < -0.39 is 20.5 Å². The first-order valence-electron chi connectivity index (χ1n) is 9.05. The molecule has 2 aromatic rings. The SMILES string of the molecule is Cc1cc(C)n(-c2ccccc2CNC(=O)C2(S(C)(=O)=O)CCNCC2)n1. The van der Waals surface area contributed by atoms with E-state index in [4.69, 9.17) is 0 Å². The molecule has 0 atom stereocenters. The molecule has 0 saturated carbocycles. The Bertz CT molecular complexity index is 944. The Morgan fingerprint density at radius 2 is 1.93 bits per heavy atom. The van der Waals surface area contributed by atoms with Gasteiger partial charge in [-0.15, -0.1) is 0 Å². The van der Waals surface area contributed by atoms with E-state index in [0.717, 1.165) is 28.9 Å². The molecule has 1 amide bonds. The van der Waals surface area contributed by atoms with Crippen molar-refractivity contribution < 1.29 is 13.2 Å². The number of aryl methyl sites for hydroxylation is 2. The highest BCUT2D eigenvalue weighted by Crippen LogP contribution is 2.28. The molecule has 1 aliphatic heterocycles. The van der Waals surface area contributed by atoms with Crippen LogP contribution in [0.3, 0.4) is 0 Å². The Morgan fingerprint density at radius 3 is 2.52 bits per heavy atom. The normalized spacial score (nSPS) is 16.9. The molecule has 0 unspecified atom stereocenters. The fourth-order valence-corrected chi connectivity index (χ4v) is 5.03. The van der Waals surface area contributed by atoms with Crippen LogP contribution in [0, 0.1) is 13.8 Å². The number of hydrogen-bond acceptors (Lipinski definition) is 5. The highest BCUT2D eigenvalue weighted by molar-refractivity contribution is 7.92. The maximum absolute atomic E-state index is 12.9. The lowest BCUT2D eigenvalue weighted by atomic mass is 9.95. The number of carbonyl (C=O) groups is 1. The second kappa shape index (κ2) is 7.44. The molecule has 1 aromatic carbocycles. The number of piperidine rings is 1. The largest absolute Gasteiger partial charge is 0.351 e. The third kappa shape index (κ3) is 3.77. The molecule has 7 nitrogen and oxygen atoms in total. The highest BCUT2D eigenvalue weighted by Gasteiger charge is 2.48. The summed E-state index contributed by atoms with van der Waals surface area (Å²) < 4.78 is 25.3. The molecule has 0 radical (unpaired) electrons. The van der Waals surface area contributed by atoms with Crippen LogP contribution in [0.15, 0.2) is 30.3 Å². The smallest absolute Gasteiger partial charge is 0.241 e. The zero-order chi connectivity index (χ0) is 19.7. The van der Waals surface area contributed by atoms with Gasteiger partial charge in [-0.25, -0.2) is 13.1 Å². The zero-order valence-corrected chi connectivity index (χ0v) is 16.8. The van der Waals surface area contributed by atoms with Gasteiger partial charge in [0, 0.05) is 18.5 Å². The van der Waals surface area contributed by atoms with Crippen molar-refractivity contribution in [2.24, 2.45) is 0 Å². The number of sulfone groups is 1. The molecule has 27 heavy (non-hydrogen) atoms. The minimum atomic E-state index is -3.53. The molecule has 0 aliphatic carbocycles. The molecule has 1 aromatic heterocycles. The van der Waals surface area contributed by atoms with E-state index in [1.54, 1.807) is 0 Å². The lowest BCUT2D eigenvalue weighted by Crippen LogP contribution is -2.57. The van der Waals surface area contributed by atoms with Gasteiger partial charge < -0.3 is 10.6 Å². The van der Waals surface area contributed by atoms with Crippen LogP contribution in [0.25, 0.3) is 5.69 Å². The third-order valence-corrected chi connectivity index (χ3v) is 7.22. The molecule has 0 bridgehead atoms. The Labute approximate surface area is 160 Å². The minimum Gasteiger partial charge on any atom is -0.351 e. The average molecular weight is 391 g/mol. The Morgan fingerprint density at radius 1 is 1.26 bits per heavy atom. The van der Waals surface area contributed by atoms with E-state index in [1.165, 1.54) is 0 Å². The van der Waals surface area contributed by atoms with Crippen molar-refractivity contribution in [3.8, 4) is 5.69 Å². The molecular weight excluding hydrogens is 364 g/mol. The number of para-hydroxylation sites is 1. The standard InChI is InChI=1S/C19H26N4O3S/c1-14-12-15(2)23(22-14)17-7-5-4-6-16(17)13-21-18(24)19(27(3,25)26)8-10-20-11-9-19/h4-7,12,20H,8-11,13H2,1-3H3,(H,21,24). The maximum atomic E-state index is 12.9. The van der Waals surface area contributed by atoms with Crippen LogP contribution in [0.1, 0.15) is 29.8 Å². The van der Waals surface area contributed by atoms with Crippen LogP contribution in [0.4, 0.5) is 0 Å². The summed E-state index contributed by atoms with van der Waals surface area (Å²) in [6, 6.07) is 9.66. The first-order chi connectivity index (χ1) is 12.7. The lowest BCUT2D eigenvalue weighted by Gasteiger charge is -2.34. The summed E-state index contributed by atoms with van der Waals surface area (Å²) in [5.41, 5.74) is 3.67. The lowest BCUT2D eigenvalue weighted by molar-refractivity contribution is -0.124. The van der Waals surface area contributed by atoms with E-state index in [9.17, 15) is 13.2 Å². The van der Waals surface area contributed by atoms with Gasteiger partial charge in [0.1, 0.15) is 0 Å². The average Bonchev–Trinajstić information content (AvgIpc) is 2.97. The van der Waals surface area contributed by atoms with E-state index in [-0.39, 0.29) is 19.4 Å². The predicted octanol–water partition coefficient (Wildman–Crippen LogP) is 1.27. The molecule has 0 spiro atoms. The van der Waals surface area contributed by atoms with E-state index >= 15 is 0 Å². The van der Waals surface area contributed by atoms with Crippen molar-refractivity contribution in [2.75, 3.05) is 19.3 Å². The Kier molecular flexibility index (Phi) is 5.39. The second-order valence-electron chi connectivity index (χ2n) is 7.17. The molecular formula is C19H26N4O3S. The number of aromatic nitrogens is 2. The Hall–Kier alpha value is -2.19. The summed E-state index contributed by atoms with van der Waals surface area (Å²) in [6.07, 6.45) is 1.73. The van der Waals surface area contributed by atoms with Crippen LogP contribution in [0.2, 0.25) is 0 Å². The van der Waals surface area contributed by atoms with Crippen LogP contribution < -0.4 is 10.6 Å². The number of nitrogens with one attached hydrogen (secondary N) is 2. The summed E-state index contributed by atoms with van der Waals surface area (Å²) in [6.45, 7) is 5.19. The van der Waals surface area contributed by atoms with Crippen molar-refractivity contribution in [1.29, 1.82) is 0 Å². The predicted molar refractivity (Wildman–Crippen MR) is 105 cm³/mol. The van der Waals surface area contributed by atoms with Crippen molar-refractivity contribution in [2.45, 2.75) is 38.0 Å². The fourth-order valence-electron chi connectivity index (χ4n) is 3.67. The quantitative estimate of drug-likeness (QED) is 0.802. The number of carbonyl (C=O) groups excluding carboxylic acids is 1. The van der Waals surface area contributed by atoms with Gasteiger partial charge in [-0.05, 0) is 57.5 Å². The van der Waals surface area contributed by atoms with Crippen molar-refractivity contribution in [1.82, 2.24) is 20.4 Å². The summed E-state index contributed by atoms with van der Waals surface area (Å²) in [7, 11) is -3.53. The monoisotopic (exact) mass is 390 g/mol. The molecule has 2 heterocycles. The van der Waals surface area contributed by atoms with Gasteiger partial charge in [-0.2, -0.15) is 5.10 Å². The first-order valence-corrected chi connectivity index (χ1v) is 10.9. The van der Waals surface area contributed by atoms with Gasteiger partial charge in [0.15, 0.2) is 14.6 Å². The molecule has 1 saturated heterocycles. The van der Waals surface area contributed by atoms with E-state index in [0.29, 0.717) is 13.1 Å². The molecule has 8 heteroatoms. The summed E-state index contributed by atoms with van der Waals surface area (Å²) in [5, 5.41) is 10.5. The second-order valence-corrected chi connectivity index (χ2v) is 9.49. The molecule has 1 fully saturated rings. The summed E-state index contributed by atoms with van der Waals surface area (Å²) in [4.78, 5) is 12.9. The number of nitrogens with zero attached hydrogens (tertiary/aromatic N) is 2. The molecule has 2 N–H and O–H groups in total. The van der Waals surface area contributed by atoms with E-state index in [2.05, 4.69) is 15.7 Å². The van der Waals surface area contributed by atoms with Crippen LogP contribution in [-0.2, 0) is 21.2 Å².